The lowest BCUT2D eigenvalue weighted by atomic mass is 10.3. The minimum absolute atomic E-state index is 0.183. The molecule has 5 nitrogen and oxygen atoms in total. The van der Waals surface area contributed by atoms with E-state index in [0.29, 0.717) is 6.61 Å². The summed E-state index contributed by atoms with van der Waals surface area (Å²) >= 11 is 0. The summed E-state index contributed by atoms with van der Waals surface area (Å²) < 4.78 is 11.8. The fraction of sp³-hybridized carbons (Fsp3) is 0.625. The number of ether oxygens (including phenoxy) is 2. The van der Waals surface area contributed by atoms with Gasteiger partial charge in [-0.3, -0.25) is 0 Å². The number of hydrogen-bond acceptors (Lipinski definition) is 5. The van der Waals surface area contributed by atoms with Crippen LogP contribution in [0.3, 0.4) is 0 Å². The molecule has 0 aromatic heterocycles. The molecule has 29 heavy (non-hydrogen) atoms. The third kappa shape index (κ3) is 8.58. The van der Waals surface area contributed by atoms with Crippen molar-refractivity contribution < 1.29 is 9.47 Å². The van der Waals surface area contributed by atoms with Crippen LogP contribution in [0, 0.1) is 0 Å². The van der Waals surface area contributed by atoms with E-state index in [9.17, 15) is 0 Å². The summed E-state index contributed by atoms with van der Waals surface area (Å²) in [5.41, 5.74) is 2.08. The van der Waals surface area contributed by atoms with E-state index in [1.807, 2.05) is 18.1 Å². The van der Waals surface area contributed by atoms with Gasteiger partial charge in [-0.1, -0.05) is 19.1 Å². The van der Waals surface area contributed by atoms with Crippen LogP contribution in [0.2, 0.25) is 0 Å². The van der Waals surface area contributed by atoms with Gasteiger partial charge in [0, 0.05) is 12.8 Å². The topological polar surface area (TPSA) is 37.3 Å². The zero-order chi connectivity index (χ0) is 20.9. The number of hydrazone groups is 1. The Morgan fingerprint density at radius 2 is 2.03 bits per heavy atom. The molecule has 2 aliphatic rings. The Bertz CT molecular complexity index is 626. The van der Waals surface area contributed by atoms with E-state index in [1.165, 1.54) is 25.9 Å². The second kappa shape index (κ2) is 13.4. The molecule has 1 heterocycles. The van der Waals surface area contributed by atoms with Gasteiger partial charge >= 0.3 is 0 Å². The van der Waals surface area contributed by atoms with Gasteiger partial charge in [0.25, 0.3) is 0 Å². The van der Waals surface area contributed by atoms with Gasteiger partial charge in [0.15, 0.2) is 0 Å². The average Bonchev–Trinajstić information content (AvgIpc) is 3.12. The number of likely N-dealkylation sites (tertiary alicyclic amines) is 1. The first-order valence-electron chi connectivity index (χ1n) is 11.2. The predicted octanol–water partition coefficient (Wildman–Crippen LogP) is 5.24. The lowest BCUT2D eigenvalue weighted by Gasteiger charge is -2.24. The lowest BCUT2D eigenvalue weighted by molar-refractivity contribution is 0.0856. The van der Waals surface area contributed by atoms with Crippen LogP contribution >= 0.6 is 0 Å². The largest absolute Gasteiger partial charge is 0.494 e. The third-order valence-electron chi connectivity index (χ3n) is 4.94. The molecule has 1 aliphatic heterocycles. The minimum Gasteiger partial charge on any atom is -0.494 e. The molecule has 0 radical (unpaired) electrons. The molecule has 0 aromatic carbocycles. The monoisotopic (exact) mass is 401 g/mol. The average molecular weight is 402 g/mol. The Kier molecular flexibility index (Phi) is 10.8. The van der Waals surface area contributed by atoms with Crippen LogP contribution < -0.4 is 0 Å². The van der Waals surface area contributed by atoms with Crippen molar-refractivity contribution in [3.8, 4) is 0 Å². The molecule has 0 N–H and O–H groups in total. The molecule has 0 amide bonds. The third-order valence-corrected chi connectivity index (χ3v) is 4.94. The number of hydrogen-bond donors (Lipinski definition) is 0. The Hall–Kier alpha value is -1.85. The van der Waals surface area contributed by atoms with Crippen LogP contribution in [0.15, 0.2) is 52.6 Å². The molecule has 0 bridgehead atoms. The van der Waals surface area contributed by atoms with Crippen molar-refractivity contribution in [1.82, 2.24) is 9.91 Å². The van der Waals surface area contributed by atoms with Gasteiger partial charge in [0.1, 0.15) is 5.76 Å². The van der Waals surface area contributed by atoms with E-state index >= 15 is 0 Å². The van der Waals surface area contributed by atoms with Gasteiger partial charge in [-0.2, -0.15) is 5.10 Å². The zero-order valence-corrected chi connectivity index (χ0v) is 18.8. The fourth-order valence-electron chi connectivity index (χ4n) is 3.34. The highest BCUT2D eigenvalue weighted by molar-refractivity contribution is 5.56. The normalized spacial score (nSPS) is 18.3. The second-order valence-corrected chi connectivity index (χ2v) is 7.71. The van der Waals surface area contributed by atoms with Crippen LogP contribution in [0.4, 0.5) is 0 Å². The van der Waals surface area contributed by atoms with E-state index in [2.05, 4.69) is 61.2 Å². The van der Waals surface area contributed by atoms with E-state index in [4.69, 9.17) is 9.47 Å². The summed E-state index contributed by atoms with van der Waals surface area (Å²) in [5, 5.41) is 6.65. The predicted molar refractivity (Wildman–Crippen MR) is 122 cm³/mol. The standard InChI is InChI=1S/C24H39N3O2/c1-5-15-25-27(22(6-2)20-29-21(3)4)23-11-9-12-24(14-13-23)28-19-10-18-26-16-7-8-17-26/h6,11-15,21H,5,7-10,16-20H2,1-4H3/b22-6-,25-15+. The Morgan fingerprint density at radius 3 is 2.72 bits per heavy atom. The molecular weight excluding hydrogens is 362 g/mol. The number of rotatable bonds is 12. The van der Waals surface area contributed by atoms with E-state index in [1.54, 1.807) is 0 Å². The Labute approximate surface area is 177 Å². The highest BCUT2D eigenvalue weighted by Crippen LogP contribution is 2.21. The maximum absolute atomic E-state index is 6.02. The maximum atomic E-state index is 6.02. The second-order valence-electron chi connectivity index (χ2n) is 7.71. The molecular formula is C24H39N3O2. The number of nitrogens with zero attached hydrogens (tertiary/aromatic N) is 3. The molecule has 1 aliphatic carbocycles. The molecule has 0 saturated carbocycles. The van der Waals surface area contributed by atoms with E-state index in [-0.39, 0.29) is 6.10 Å². The summed E-state index contributed by atoms with van der Waals surface area (Å²) in [6.45, 7) is 13.2. The summed E-state index contributed by atoms with van der Waals surface area (Å²) in [6, 6.07) is 0. The lowest BCUT2D eigenvalue weighted by Crippen LogP contribution is -2.21. The van der Waals surface area contributed by atoms with Crippen molar-refractivity contribution in [3.63, 3.8) is 0 Å². The molecule has 162 valence electrons. The van der Waals surface area contributed by atoms with Gasteiger partial charge in [0.2, 0.25) is 0 Å². The first kappa shape index (κ1) is 23.4. The van der Waals surface area contributed by atoms with Crippen LogP contribution in [0.25, 0.3) is 0 Å². The van der Waals surface area contributed by atoms with Crippen molar-refractivity contribution in [3.05, 3.63) is 47.5 Å². The molecule has 0 unspecified atom stereocenters. The van der Waals surface area contributed by atoms with Crippen LogP contribution in [-0.4, -0.2) is 55.1 Å². The maximum Gasteiger partial charge on any atom is 0.115 e. The molecule has 1 fully saturated rings. The Balaban J connectivity index is 1.92. The first-order chi connectivity index (χ1) is 14.1. The van der Waals surface area contributed by atoms with Gasteiger partial charge in [-0.05, 0) is 84.2 Å². The van der Waals surface area contributed by atoms with Crippen molar-refractivity contribution in [2.24, 2.45) is 5.10 Å². The number of allylic oxidation sites excluding steroid dienone is 5. The van der Waals surface area contributed by atoms with Gasteiger partial charge in [-0.25, -0.2) is 5.01 Å². The van der Waals surface area contributed by atoms with Crippen molar-refractivity contribution in [2.75, 3.05) is 32.8 Å². The summed E-state index contributed by atoms with van der Waals surface area (Å²) in [4.78, 5) is 2.53. The van der Waals surface area contributed by atoms with Crippen LogP contribution in [0.5, 0.6) is 0 Å². The van der Waals surface area contributed by atoms with Gasteiger partial charge in [0.05, 0.1) is 30.7 Å². The molecule has 5 heteroatoms. The summed E-state index contributed by atoms with van der Waals surface area (Å²) in [5.74, 6) is 0.942. The first-order valence-corrected chi connectivity index (χ1v) is 11.2. The van der Waals surface area contributed by atoms with Gasteiger partial charge < -0.3 is 14.4 Å². The fourth-order valence-corrected chi connectivity index (χ4v) is 3.34. The summed E-state index contributed by atoms with van der Waals surface area (Å²) in [7, 11) is 0. The van der Waals surface area contributed by atoms with Gasteiger partial charge in [-0.15, -0.1) is 0 Å². The smallest absolute Gasteiger partial charge is 0.115 e. The Morgan fingerprint density at radius 1 is 1.24 bits per heavy atom. The van der Waals surface area contributed by atoms with E-state index < -0.39 is 0 Å². The van der Waals surface area contributed by atoms with Crippen molar-refractivity contribution >= 4 is 6.21 Å². The van der Waals surface area contributed by atoms with Crippen molar-refractivity contribution in [2.45, 2.75) is 65.9 Å². The quantitative estimate of drug-likeness (QED) is 0.254. The highest BCUT2D eigenvalue weighted by atomic mass is 16.5. The van der Waals surface area contributed by atoms with Crippen molar-refractivity contribution in [1.29, 1.82) is 0 Å². The zero-order valence-electron chi connectivity index (χ0n) is 18.8. The molecule has 1 saturated heterocycles. The minimum atomic E-state index is 0.183. The van der Waals surface area contributed by atoms with Crippen LogP contribution in [-0.2, 0) is 9.47 Å². The molecule has 2 rings (SSSR count). The van der Waals surface area contributed by atoms with Crippen LogP contribution in [0.1, 0.15) is 59.8 Å². The van der Waals surface area contributed by atoms with E-state index in [0.717, 1.165) is 49.6 Å². The summed E-state index contributed by atoms with van der Waals surface area (Å²) in [6.07, 6.45) is 18.1. The highest BCUT2D eigenvalue weighted by Gasteiger charge is 2.14. The molecule has 0 aromatic rings. The SMILES string of the molecule is C/C=C(/COC(C)C)N(/N=C/CC)C1=CCC=C(OCCCN2CCCC2)C=C1. The molecule has 0 atom stereocenters. The molecule has 0 spiro atoms.